The normalized spacial score (nSPS) is 16.9. The average molecular weight is 432 g/mol. The molecule has 1 aliphatic rings. The van der Waals surface area contributed by atoms with Crippen molar-refractivity contribution in [2.24, 2.45) is 0 Å². The molecule has 152 valence electrons. The van der Waals surface area contributed by atoms with Crippen molar-refractivity contribution in [2.75, 3.05) is 18.4 Å². The molecule has 0 bridgehead atoms. The van der Waals surface area contributed by atoms with Gasteiger partial charge in [0, 0.05) is 37.3 Å². The molecule has 0 aliphatic carbocycles. The van der Waals surface area contributed by atoms with Crippen LogP contribution in [-0.4, -0.2) is 53.9 Å². The second-order valence-electron chi connectivity index (χ2n) is 6.79. The fraction of sp³-hybridized carbons (Fsp3) is 0.368. The zero-order valence-corrected chi connectivity index (χ0v) is 17.6. The first kappa shape index (κ1) is 19.8. The van der Waals surface area contributed by atoms with Crippen LogP contribution in [0.5, 0.6) is 0 Å². The smallest absolute Gasteiger partial charge is 0.245 e. The van der Waals surface area contributed by atoms with Gasteiger partial charge in [-0.2, -0.15) is 10.1 Å². The van der Waals surface area contributed by atoms with E-state index in [2.05, 4.69) is 27.0 Å². The first-order valence-corrected chi connectivity index (χ1v) is 10.7. The highest BCUT2D eigenvalue weighted by Crippen LogP contribution is 2.36. The summed E-state index contributed by atoms with van der Waals surface area (Å²) in [6, 6.07) is 0. The van der Waals surface area contributed by atoms with Crippen LogP contribution in [0.4, 0.5) is 11.6 Å². The third-order valence-corrected chi connectivity index (χ3v) is 6.34. The molecular formula is C19H22ClN7OS. The summed E-state index contributed by atoms with van der Waals surface area (Å²) in [5, 5.41) is 9.89. The number of piperidine rings is 1. The number of anilines is 2. The molecule has 0 aromatic carbocycles. The lowest BCUT2D eigenvalue weighted by molar-refractivity contribution is -0.126. The average Bonchev–Trinajstić information content (AvgIpc) is 3.34. The molecule has 8 nitrogen and oxygen atoms in total. The van der Waals surface area contributed by atoms with Gasteiger partial charge in [-0.25, -0.2) is 4.98 Å². The summed E-state index contributed by atoms with van der Waals surface area (Å²) in [5.41, 5.74) is 1.49. The van der Waals surface area contributed by atoms with Gasteiger partial charge in [-0.3, -0.25) is 9.48 Å². The van der Waals surface area contributed by atoms with Gasteiger partial charge in [0.1, 0.15) is 10.7 Å². The van der Waals surface area contributed by atoms with E-state index in [4.69, 9.17) is 16.6 Å². The van der Waals surface area contributed by atoms with Gasteiger partial charge in [-0.05, 0) is 25.8 Å². The fourth-order valence-electron chi connectivity index (χ4n) is 3.36. The van der Waals surface area contributed by atoms with Crippen molar-refractivity contribution >= 4 is 51.9 Å². The maximum absolute atomic E-state index is 12.0. The molecule has 1 saturated heterocycles. The third kappa shape index (κ3) is 4.25. The van der Waals surface area contributed by atoms with E-state index in [-0.39, 0.29) is 11.2 Å². The van der Waals surface area contributed by atoms with Crippen molar-refractivity contribution in [2.45, 2.75) is 36.6 Å². The summed E-state index contributed by atoms with van der Waals surface area (Å²) in [6.07, 6.45) is 8.70. The Bertz CT molecular complexity index is 1050. The van der Waals surface area contributed by atoms with E-state index in [9.17, 15) is 4.79 Å². The van der Waals surface area contributed by atoms with E-state index in [1.54, 1.807) is 24.2 Å². The number of carbonyl (C=O) groups excluding carboxylic acids is 1. The summed E-state index contributed by atoms with van der Waals surface area (Å²) in [5.74, 6) is 0.446. The number of hydrogen-bond donors (Lipinski definition) is 2. The number of nitrogens with zero attached hydrogens (tertiary/aromatic N) is 5. The molecule has 3 aromatic heterocycles. The van der Waals surface area contributed by atoms with Crippen LogP contribution in [-0.2, 0) is 11.3 Å². The van der Waals surface area contributed by atoms with Crippen molar-refractivity contribution < 1.29 is 4.79 Å². The van der Waals surface area contributed by atoms with E-state index >= 15 is 0 Å². The van der Waals surface area contributed by atoms with Crippen molar-refractivity contribution in [3.8, 4) is 0 Å². The minimum Gasteiger partial charge on any atom is -0.344 e. The predicted molar refractivity (Wildman–Crippen MR) is 116 cm³/mol. The number of fused-ring (bicyclic) bond motifs is 1. The van der Waals surface area contributed by atoms with Crippen LogP contribution in [0.2, 0.25) is 5.02 Å². The summed E-state index contributed by atoms with van der Waals surface area (Å²) < 4.78 is 1.83. The maximum atomic E-state index is 12.0. The van der Waals surface area contributed by atoms with Crippen LogP contribution in [0.3, 0.4) is 0 Å². The highest BCUT2D eigenvalue weighted by Gasteiger charge is 2.25. The number of hydrogen-bond acceptors (Lipinski definition) is 6. The van der Waals surface area contributed by atoms with Crippen molar-refractivity contribution in [3.05, 3.63) is 36.3 Å². The molecule has 10 heteroatoms. The summed E-state index contributed by atoms with van der Waals surface area (Å²) in [4.78, 5) is 26.2. The highest BCUT2D eigenvalue weighted by molar-refractivity contribution is 8.00. The molecule has 1 atom stereocenters. The number of H-pyrrole nitrogens is 1. The van der Waals surface area contributed by atoms with Crippen LogP contribution in [0.15, 0.2) is 36.3 Å². The SMILES string of the molecule is C=CC(=O)N1CCCC(Sc2nc(Nc3cnn(CC)c3)nc3[nH]cc(Cl)c23)C1. The minimum absolute atomic E-state index is 0.0295. The standard InChI is InChI=1S/C19H22ClN7OS/c1-3-15(28)26-7-5-6-13(11-26)29-18-16-14(20)9-21-17(16)24-19(25-18)23-12-8-22-27(4-2)10-12/h3,8-10,13H,1,4-7,11H2,2H3,(H2,21,23,24,25). The number of rotatable bonds is 6. The molecule has 3 aromatic rings. The van der Waals surface area contributed by atoms with Crippen LogP contribution >= 0.6 is 23.4 Å². The Labute approximate surface area is 177 Å². The van der Waals surface area contributed by atoms with Gasteiger partial charge in [-0.15, -0.1) is 11.8 Å². The zero-order valence-electron chi connectivity index (χ0n) is 16.1. The molecule has 29 heavy (non-hydrogen) atoms. The maximum Gasteiger partial charge on any atom is 0.245 e. The first-order valence-electron chi connectivity index (χ1n) is 9.49. The van der Waals surface area contributed by atoms with Crippen molar-refractivity contribution in [1.29, 1.82) is 0 Å². The Morgan fingerprint density at radius 3 is 3.14 bits per heavy atom. The zero-order chi connectivity index (χ0) is 20.4. The van der Waals surface area contributed by atoms with Gasteiger partial charge in [-0.1, -0.05) is 18.2 Å². The summed E-state index contributed by atoms with van der Waals surface area (Å²) in [7, 11) is 0. The Hall–Kier alpha value is -2.52. The number of aryl methyl sites for hydroxylation is 1. The second-order valence-corrected chi connectivity index (χ2v) is 8.49. The van der Waals surface area contributed by atoms with Gasteiger partial charge in [0.2, 0.25) is 11.9 Å². The third-order valence-electron chi connectivity index (χ3n) is 4.81. The molecule has 0 spiro atoms. The number of halogens is 1. The molecular weight excluding hydrogens is 410 g/mol. The van der Waals surface area contributed by atoms with E-state index < -0.39 is 0 Å². The number of carbonyl (C=O) groups is 1. The monoisotopic (exact) mass is 431 g/mol. The number of nitrogens with one attached hydrogen (secondary N) is 2. The molecule has 1 fully saturated rings. The Morgan fingerprint density at radius 1 is 1.52 bits per heavy atom. The number of thioether (sulfide) groups is 1. The quantitative estimate of drug-likeness (QED) is 0.455. The molecule has 4 heterocycles. The van der Waals surface area contributed by atoms with Crippen LogP contribution in [0.1, 0.15) is 19.8 Å². The summed E-state index contributed by atoms with van der Waals surface area (Å²) >= 11 is 8.03. The Morgan fingerprint density at radius 2 is 2.38 bits per heavy atom. The number of amides is 1. The van der Waals surface area contributed by atoms with E-state index in [0.29, 0.717) is 23.2 Å². The van der Waals surface area contributed by atoms with Crippen LogP contribution in [0.25, 0.3) is 11.0 Å². The molecule has 1 amide bonds. The molecule has 0 saturated carbocycles. The van der Waals surface area contributed by atoms with Crippen LogP contribution in [0, 0.1) is 0 Å². The topological polar surface area (TPSA) is 91.7 Å². The van der Waals surface area contributed by atoms with Gasteiger partial charge < -0.3 is 15.2 Å². The lowest BCUT2D eigenvalue weighted by Crippen LogP contribution is -2.40. The Balaban J connectivity index is 1.61. The van der Waals surface area contributed by atoms with Gasteiger partial charge in [0.15, 0.2) is 0 Å². The number of likely N-dealkylation sites (tertiary alicyclic amines) is 1. The number of aromatic nitrogens is 5. The van der Waals surface area contributed by atoms with Gasteiger partial charge in [0.05, 0.1) is 22.3 Å². The Kier molecular flexibility index (Phi) is 5.77. The molecule has 0 radical (unpaired) electrons. The molecule has 2 N–H and O–H groups in total. The van der Waals surface area contributed by atoms with E-state index in [1.165, 1.54) is 6.08 Å². The van der Waals surface area contributed by atoms with E-state index in [0.717, 1.165) is 42.0 Å². The first-order chi connectivity index (χ1) is 14.1. The lowest BCUT2D eigenvalue weighted by Gasteiger charge is -2.31. The summed E-state index contributed by atoms with van der Waals surface area (Å²) in [6.45, 7) is 7.84. The van der Waals surface area contributed by atoms with Crippen molar-refractivity contribution in [1.82, 2.24) is 29.6 Å². The molecule has 4 rings (SSSR count). The minimum atomic E-state index is -0.0295. The lowest BCUT2D eigenvalue weighted by atomic mass is 10.1. The predicted octanol–water partition coefficient (Wildman–Crippen LogP) is 3.84. The molecule has 1 aliphatic heterocycles. The van der Waals surface area contributed by atoms with Crippen LogP contribution < -0.4 is 5.32 Å². The molecule has 1 unspecified atom stereocenters. The van der Waals surface area contributed by atoms with Crippen molar-refractivity contribution in [3.63, 3.8) is 0 Å². The number of aromatic amines is 1. The van der Waals surface area contributed by atoms with E-state index in [1.807, 2.05) is 22.7 Å². The largest absolute Gasteiger partial charge is 0.344 e. The van der Waals surface area contributed by atoms with Gasteiger partial charge >= 0.3 is 0 Å². The van der Waals surface area contributed by atoms with Gasteiger partial charge in [0.25, 0.3) is 0 Å². The second kappa shape index (κ2) is 8.46. The fourth-order valence-corrected chi connectivity index (χ4v) is 4.96. The highest BCUT2D eigenvalue weighted by atomic mass is 35.5.